The molecule has 0 atom stereocenters. The Balaban J connectivity index is -0.000000120. The van der Waals surface area contributed by atoms with Crippen LogP contribution >= 0.6 is 0 Å². The van der Waals surface area contributed by atoms with Crippen molar-refractivity contribution < 1.29 is 21.2 Å². The van der Waals surface area contributed by atoms with E-state index in [0.29, 0.717) is 0 Å². The lowest BCUT2D eigenvalue weighted by molar-refractivity contribution is 0.0968. The first kappa shape index (κ1) is 15.9. The van der Waals surface area contributed by atoms with Gasteiger partial charge in [0.05, 0.1) is 0 Å². The van der Waals surface area contributed by atoms with Crippen molar-refractivity contribution >= 4 is 0 Å². The van der Waals surface area contributed by atoms with Crippen molar-refractivity contribution in [3.05, 3.63) is 0 Å². The fraction of sp³-hybridized carbons (Fsp3) is 1.00. The Kier molecular flexibility index (Phi) is 19.0. The fourth-order valence-corrected chi connectivity index (χ4v) is 0.687. The van der Waals surface area contributed by atoms with E-state index in [9.17, 15) is 0 Å². The Morgan fingerprint density at radius 3 is 1.22 bits per heavy atom. The molecule has 0 saturated carbocycles. The van der Waals surface area contributed by atoms with Gasteiger partial charge in [-0.05, 0) is 19.3 Å². The van der Waals surface area contributed by atoms with E-state index in [0.717, 1.165) is 13.2 Å². The van der Waals surface area contributed by atoms with Gasteiger partial charge in [-0.3, -0.25) is 0 Å². The molecule has 4 nitrogen and oxygen atoms in total. The van der Waals surface area contributed by atoms with E-state index in [2.05, 4.69) is 0 Å². The summed E-state index contributed by atoms with van der Waals surface area (Å²) in [5.41, 5.74) is 0. The van der Waals surface area contributed by atoms with Crippen molar-refractivity contribution in [2.45, 2.75) is 19.3 Å². The zero-order chi connectivity index (χ0) is 4.24. The quantitative estimate of drug-likeness (QED) is 0.410. The molecule has 1 aliphatic rings. The molecule has 0 spiro atoms. The molecule has 9 heavy (non-hydrogen) atoms. The van der Waals surface area contributed by atoms with Crippen molar-refractivity contribution in [2.24, 2.45) is 0 Å². The van der Waals surface area contributed by atoms with Crippen molar-refractivity contribution in [3.8, 4) is 0 Å². The lowest BCUT2D eigenvalue weighted by Gasteiger charge is -2.08. The molecule has 0 aromatic rings. The van der Waals surface area contributed by atoms with Gasteiger partial charge in [0, 0.05) is 13.2 Å². The highest BCUT2D eigenvalue weighted by Crippen LogP contribution is 2.01. The van der Waals surface area contributed by atoms with Gasteiger partial charge in [-0.15, -0.1) is 0 Å². The van der Waals surface area contributed by atoms with Crippen molar-refractivity contribution in [3.63, 3.8) is 0 Å². The van der Waals surface area contributed by atoms with Gasteiger partial charge in [0.25, 0.3) is 0 Å². The third-order valence-electron chi connectivity index (χ3n) is 1.08. The molecule has 0 radical (unpaired) electrons. The molecule has 0 bridgehead atoms. The molecule has 1 rings (SSSR count). The predicted molar refractivity (Wildman–Crippen MR) is 35.5 cm³/mol. The van der Waals surface area contributed by atoms with Gasteiger partial charge in [0.1, 0.15) is 0 Å². The average molecular weight is 140 g/mol. The van der Waals surface area contributed by atoms with Gasteiger partial charge in [-0.1, -0.05) is 0 Å². The highest BCUT2D eigenvalue weighted by atomic mass is 16.5. The van der Waals surface area contributed by atoms with Crippen LogP contribution in [0, 0.1) is 0 Å². The molecule has 0 aromatic carbocycles. The molecule has 1 saturated heterocycles. The first-order chi connectivity index (χ1) is 3.00. The Morgan fingerprint density at radius 1 is 0.667 bits per heavy atom. The van der Waals surface area contributed by atoms with E-state index in [1.54, 1.807) is 0 Å². The van der Waals surface area contributed by atoms with E-state index in [1.807, 2.05) is 0 Å². The number of rotatable bonds is 0. The molecule has 1 fully saturated rings. The highest BCUT2D eigenvalue weighted by Gasteiger charge is 1.94. The maximum atomic E-state index is 5.07. The fourth-order valence-electron chi connectivity index (χ4n) is 0.687. The van der Waals surface area contributed by atoms with Crippen LogP contribution in [0.15, 0.2) is 0 Å². The molecule has 0 aliphatic carbocycles. The Labute approximate surface area is 54.7 Å². The second-order valence-electron chi connectivity index (χ2n) is 1.67. The molecular weight excluding hydrogens is 124 g/mol. The minimum atomic E-state index is 0. The van der Waals surface area contributed by atoms with Crippen LogP contribution in [0.1, 0.15) is 19.3 Å². The van der Waals surface area contributed by atoms with Crippen molar-refractivity contribution in [1.82, 2.24) is 0 Å². The van der Waals surface area contributed by atoms with E-state index < -0.39 is 0 Å². The summed E-state index contributed by atoms with van der Waals surface area (Å²) in [5, 5.41) is 0. The lowest BCUT2D eigenvalue weighted by Crippen LogP contribution is -2.03. The maximum absolute atomic E-state index is 5.07. The zero-order valence-electron chi connectivity index (χ0n) is 5.44. The largest absolute Gasteiger partial charge is 0.412 e. The van der Waals surface area contributed by atoms with Gasteiger partial charge in [0.15, 0.2) is 0 Å². The standard InChI is InChI=1S/C5H10O.3H2O/c1-2-4-6-5-3-1;;;/h1-5H2;3*1H2. The third-order valence-corrected chi connectivity index (χ3v) is 1.08. The Hall–Kier alpha value is -0.160. The normalized spacial score (nSPS) is 16.0. The molecule has 0 unspecified atom stereocenters. The topological polar surface area (TPSA) is 104 Å². The Morgan fingerprint density at radius 2 is 1.11 bits per heavy atom. The molecule has 6 N–H and O–H groups in total. The van der Waals surface area contributed by atoms with Crippen LogP contribution in [0.3, 0.4) is 0 Å². The molecule has 0 amide bonds. The second-order valence-corrected chi connectivity index (χ2v) is 1.67. The number of hydrogen-bond donors (Lipinski definition) is 0. The average Bonchev–Trinajstić information content (AvgIpc) is 1.72. The molecule has 4 heteroatoms. The second kappa shape index (κ2) is 10.8. The molecular formula is C5H16O4. The lowest BCUT2D eigenvalue weighted by atomic mass is 10.2. The van der Waals surface area contributed by atoms with Gasteiger partial charge in [-0.25, -0.2) is 0 Å². The first-order valence-electron chi connectivity index (χ1n) is 2.58. The highest BCUT2D eigenvalue weighted by molar-refractivity contribution is 4.45. The number of hydrogen-bond acceptors (Lipinski definition) is 1. The van der Waals surface area contributed by atoms with Crippen LogP contribution in [-0.4, -0.2) is 29.6 Å². The smallest absolute Gasteiger partial charge is 0.0466 e. The van der Waals surface area contributed by atoms with E-state index in [1.165, 1.54) is 19.3 Å². The van der Waals surface area contributed by atoms with E-state index in [4.69, 9.17) is 4.74 Å². The first-order valence-corrected chi connectivity index (χ1v) is 2.58. The summed E-state index contributed by atoms with van der Waals surface area (Å²) in [6, 6.07) is 0. The van der Waals surface area contributed by atoms with Gasteiger partial charge in [-0.2, -0.15) is 0 Å². The zero-order valence-corrected chi connectivity index (χ0v) is 5.44. The van der Waals surface area contributed by atoms with Crippen LogP contribution in [0.5, 0.6) is 0 Å². The molecule has 1 heterocycles. The maximum Gasteiger partial charge on any atom is 0.0466 e. The van der Waals surface area contributed by atoms with Crippen LogP contribution in [0.25, 0.3) is 0 Å². The molecule has 0 aromatic heterocycles. The summed E-state index contributed by atoms with van der Waals surface area (Å²) in [5.74, 6) is 0. The van der Waals surface area contributed by atoms with Gasteiger partial charge >= 0.3 is 0 Å². The molecule has 60 valence electrons. The van der Waals surface area contributed by atoms with Crippen molar-refractivity contribution in [2.75, 3.05) is 13.2 Å². The summed E-state index contributed by atoms with van der Waals surface area (Å²) < 4.78 is 5.07. The summed E-state index contributed by atoms with van der Waals surface area (Å²) in [7, 11) is 0. The number of ether oxygens (including phenoxy) is 1. The third kappa shape index (κ3) is 7.84. The summed E-state index contributed by atoms with van der Waals surface area (Å²) in [4.78, 5) is 0. The van der Waals surface area contributed by atoms with E-state index >= 15 is 0 Å². The van der Waals surface area contributed by atoms with Crippen LogP contribution in [-0.2, 0) is 4.74 Å². The summed E-state index contributed by atoms with van der Waals surface area (Å²) >= 11 is 0. The predicted octanol–water partition coefficient (Wildman–Crippen LogP) is -1.29. The van der Waals surface area contributed by atoms with Crippen molar-refractivity contribution in [1.29, 1.82) is 0 Å². The summed E-state index contributed by atoms with van der Waals surface area (Å²) in [6.07, 6.45) is 3.93. The molecule has 1 aliphatic heterocycles. The SMILES string of the molecule is C1CCOCC1.O.O.O. The minimum Gasteiger partial charge on any atom is -0.412 e. The van der Waals surface area contributed by atoms with Crippen LogP contribution in [0.2, 0.25) is 0 Å². The summed E-state index contributed by atoms with van der Waals surface area (Å²) in [6.45, 7) is 2.00. The monoisotopic (exact) mass is 140 g/mol. The van der Waals surface area contributed by atoms with Crippen LogP contribution in [0.4, 0.5) is 0 Å². The minimum absolute atomic E-state index is 0. The van der Waals surface area contributed by atoms with Gasteiger partial charge < -0.3 is 21.2 Å². The van der Waals surface area contributed by atoms with E-state index in [-0.39, 0.29) is 16.4 Å². The van der Waals surface area contributed by atoms with Gasteiger partial charge in [0.2, 0.25) is 0 Å². The van der Waals surface area contributed by atoms with Crippen LogP contribution < -0.4 is 0 Å². The Bertz CT molecular complexity index is 24.4.